The van der Waals surface area contributed by atoms with Crippen LogP contribution in [0.2, 0.25) is 0 Å². The summed E-state index contributed by atoms with van der Waals surface area (Å²) in [6.07, 6.45) is 1.82. The second-order valence-corrected chi connectivity index (χ2v) is 4.75. The van der Waals surface area contributed by atoms with Gasteiger partial charge in [-0.25, -0.2) is 5.10 Å². The van der Waals surface area contributed by atoms with E-state index >= 15 is 0 Å². The average Bonchev–Trinajstić information content (AvgIpc) is 2.46. The molecule has 0 unspecified atom stereocenters. The van der Waals surface area contributed by atoms with Gasteiger partial charge < -0.3 is 10.6 Å². The van der Waals surface area contributed by atoms with Crippen molar-refractivity contribution in [2.24, 2.45) is 0 Å². The van der Waals surface area contributed by atoms with Gasteiger partial charge >= 0.3 is 0 Å². The van der Waals surface area contributed by atoms with Crippen molar-refractivity contribution in [2.45, 2.75) is 12.8 Å². The summed E-state index contributed by atoms with van der Waals surface area (Å²) in [5.74, 6) is -0.229. The molecule has 1 aromatic carbocycles. The molecule has 0 atom stereocenters. The number of carbonyl (C=O) groups excluding carboxylic acids is 1. The number of carbonyl (C=O) groups is 1. The van der Waals surface area contributed by atoms with Crippen molar-refractivity contribution in [3.63, 3.8) is 0 Å². The first-order chi connectivity index (χ1) is 9.65. The van der Waals surface area contributed by atoms with Crippen molar-refractivity contribution < 1.29 is 4.79 Å². The molecule has 6 nitrogen and oxygen atoms in total. The van der Waals surface area contributed by atoms with Gasteiger partial charge in [0.25, 0.3) is 11.5 Å². The Morgan fingerprint density at radius 3 is 2.90 bits per heavy atom. The molecule has 6 heteroatoms. The SMILES string of the molecule is Nc1ccc2c(c1)N(C(=O)c1ccc(=O)[nH]n1)CCC2. The molecule has 1 aliphatic heterocycles. The minimum Gasteiger partial charge on any atom is -0.399 e. The van der Waals surface area contributed by atoms with E-state index in [-0.39, 0.29) is 17.2 Å². The Labute approximate surface area is 115 Å². The molecule has 0 spiro atoms. The highest BCUT2D eigenvalue weighted by atomic mass is 16.2. The minimum absolute atomic E-state index is 0.222. The van der Waals surface area contributed by atoms with Crippen molar-refractivity contribution >= 4 is 17.3 Å². The Morgan fingerprint density at radius 1 is 1.30 bits per heavy atom. The first kappa shape index (κ1) is 12.4. The third-order valence-corrected chi connectivity index (χ3v) is 3.37. The van der Waals surface area contributed by atoms with Crippen LogP contribution in [0.5, 0.6) is 0 Å². The summed E-state index contributed by atoms with van der Waals surface area (Å²) in [5.41, 5.74) is 8.25. The number of aromatic nitrogens is 2. The predicted molar refractivity (Wildman–Crippen MR) is 75.7 cm³/mol. The van der Waals surface area contributed by atoms with E-state index in [1.54, 1.807) is 11.0 Å². The zero-order valence-electron chi connectivity index (χ0n) is 10.8. The van der Waals surface area contributed by atoms with Crippen LogP contribution in [0.1, 0.15) is 22.5 Å². The number of H-pyrrole nitrogens is 1. The molecule has 0 fully saturated rings. The van der Waals surface area contributed by atoms with Crippen molar-refractivity contribution in [1.29, 1.82) is 0 Å². The summed E-state index contributed by atoms with van der Waals surface area (Å²) >= 11 is 0. The number of nitrogens with two attached hydrogens (primary N) is 1. The average molecular weight is 270 g/mol. The monoisotopic (exact) mass is 270 g/mol. The topological polar surface area (TPSA) is 92.1 Å². The van der Waals surface area contributed by atoms with Crippen LogP contribution in [0, 0.1) is 0 Å². The number of fused-ring (bicyclic) bond motifs is 1. The molecule has 1 amide bonds. The smallest absolute Gasteiger partial charge is 0.278 e. The zero-order chi connectivity index (χ0) is 14.1. The van der Waals surface area contributed by atoms with Gasteiger partial charge in [-0.15, -0.1) is 0 Å². The first-order valence-electron chi connectivity index (χ1n) is 6.41. The zero-order valence-corrected chi connectivity index (χ0v) is 10.8. The van der Waals surface area contributed by atoms with E-state index in [9.17, 15) is 9.59 Å². The number of benzene rings is 1. The Kier molecular flexibility index (Phi) is 2.98. The fourth-order valence-corrected chi connectivity index (χ4v) is 2.40. The van der Waals surface area contributed by atoms with Crippen LogP contribution in [0.3, 0.4) is 0 Å². The fourth-order valence-electron chi connectivity index (χ4n) is 2.40. The van der Waals surface area contributed by atoms with Gasteiger partial charge in [0.15, 0.2) is 0 Å². The molecular formula is C14H14N4O2. The summed E-state index contributed by atoms with van der Waals surface area (Å²) in [5, 5.41) is 6.07. The van der Waals surface area contributed by atoms with E-state index in [1.165, 1.54) is 12.1 Å². The maximum atomic E-state index is 12.5. The molecule has 0 bridgehead atoms. The number of hydrogen-bond acceptors (Lipinski definition) is 4. The van der Waals surface area contributed by atoms with Crippen molar-refractivity contribution in [1.82, 2.24) is 10.2 Å². The van der Waals surface area contributed by atoms with Gasteiger partial charge in [-0.2, -0.15) is 5.10 Å². The highest BCUT2D eigenvalue weighted by Gasteiger charge is 2.24. The second-order valence-electron chi connectivity index (χ2n) is 4.75. The molecular weight excluding hydrogens is 256 g/mol. The highest BCUT2D eigenvalue weighted by molar-refractivity contribution is 6.05. The Morgan fingerprint density at radius 2 is 2.15 bits per heavy atom. The molecule has 2 heterocycles. The van der Waals surface area contributed by atoms with Crippen LogP contribution in [-0.4, -0.2) is 22.6 Å². The molecule has 3 N–H and O–H groups in total. The number of rotatable bonds is 1. The highest BCUT2D eigenvalue weighted by Crippen LogP contribution is 2.29. The van der Waals surface area contributed by atoms with Gasteiger partial charge in [-0.1, -0.05) is 6.07 Å². The normalized spacial score (nSPS) is 13.9. The van der Waals surface area contributed by atoms with E-state index < -0.39 is 0 Å². The van der Waals surface area contributed by atoms with Gasteiger partial charge in [-0.3, -0.25) is 9.59 Å². The third-order valence-electron chi connectivity index (χ3n) is 3.37. The van der Waals surface area contributed by atoms with E-state index in [1.807, 2.05) is 12.1 Å². The molecule has 0 radical (unpaired) electrons. The Bertz CT molecular complexity index is 703. The standard InChI is InChI=1S/C14H14N4O2/c15-10-4-3-9-2-1-7-18(12(9)8-10)14(20)11-5-6-13(19)17-16-11/h3-6,8H,1-2,7,15H2,(H,17,19). The van der Waals surface area contributed by atoms with E-state index in [4.69, 9.17) is 5.73 Å². The molecule has 102 valence electrons. The molecule has 20 heavy (non-hydrogen) atoms. The summed E-state index contributed by atoms with van der Waals surface area (Å²) in [7, 11) is 0. The number of anilines is 2. The predicted octanol–water partition coefficient (Wildman–Crippen LogP) is 0.945. The van der Waals surface area contributed by atoms with Gasteiger partial charge in [0, 0.05) is 24.0 Å². The second kappa shape index (κ2) is 4.80. The summed E-state index contributed by atoms with van der Waals surface area (Å²) in [6.45, 7) is 0.621. The van der Waals surface area contributed by atoms with Gasteiger partial charge in [0.05, 0.1) is 0 Å². The van der Waals surface area contributed by atoms with Crippen molar-refractivity contribution in [3.05, 3.63) is 51.9 Å². The van der Waals surface area contributed by atoms with Gasteiger partial charge in [0.2, 0.25) is 0 Å². The lowest BCUT2D eigenvalue weighted by atomic mass is 10.0. The van der Waals surface area contributed by atoms with Crippen LogP contribution in [0.4, 0.5) is 11.4 Å². The minimum atomic E-state index is -0.329. The number of nitrogens with one attached hydrogen (secondary N) is 1. The maximum Gasteiger partial charge on any atom is 0.278 e. The van der Waals surface area contributed by atoms with Crippen molar-refractivity contribution in [3.8, 4) is 0 Å². The molecule has 0 saturated carbocycles. The van der Waals surface area contributed by atoms with Gasteiger partial charge in [0.1, 0.15) is 5.69 Å². The third kappa shape index (κ3) is 2.16. The number of aromatic amines is 1. The molecule has 0 saturated heterocycles. The van der Waals surface area contributed by atoms with Crippen LogP contribution >= 0.6 is 0 Å². The summed E-state index contributed by atoms with van der Waals surface area (Å²) in [6, 6.07) is 8.32. The van der Waals surface area contributed by atoms with E-state index in [0.717, 1.165) is 24.1 Å². The van der Waals surface area contributed by atoms with Crippen LogP contribution in [0.15, 0.2) is 35.1 Å². The molecule has 1 aliphatic rings. The number of hydrogen-bond donors (Lipinski definition) is 2. The van der Waals surface area contributed by atoms with Crippen LogP contribution < -0.4 is 16.2 Å². The quantitative estimate of drug-likeness (QED) is 0.754. The number of aryl methyl sites for hydroxylation is 1. The molecule has 2 aromatic rings. The van der Waals surface area contributed by atoms with E-state index in [0.29, 0.717) is 12.2 Å². The lowest BCUT2D eigenvalue weighted by Crippen LogP contribution is -2.36. The maximum absolute atomic E-state index is 12.5. The lowest BCUT2D eigenvalue weighted by Gasteiger charge is -2.29. The first-order valence-corrected chi connectivity index (χ1v) is 6.41. The summed E-state index contributed by atoms with van der Waals surface area (Å²) in [4.78, 5) is 25.2. The van der Waals surface area contributed by atoms with Crippen molar-refractivity contribution in [2.75, 3.05) is 17.2 Å². The van der Waals surface area contributed by atoms with Crippen LogP contribution in [0.25, 0.3) is 0 Å². The molecule has 1 aromatic heterocycles. The fraction of sp³-hybridized carbons (Fsp3) is 0.214. The van der Waals surface area contributed by atoms with Crippen LogP contribution in [-0.2, 0) is 6.42 Å². The largest absolute Gasteiger partial charge is 0.399 e. The van der Waals surface area contributed by atoms with Gasteiger partial charge in [-0.05, 0) is 36.6 Å². The Balaban J connectivity index is 1.99. The number of nitrogens with zero attached hydrogens (tertiary/aromatic N) is 2. The number of amides is 1. The summed E-state index contributed by atoms with van der Waals surface area (Å²) < 4.78 is 0. The lowest BCUT2D eigenvalue weighted by molar-refractivity contribution is 0.0979. The molecule has 3 rings (SSSR count). The molecule has 0 aliphatic carbocycles. The Hall–Kier alpha value is -2.63. The van der Waals surface area contributed by atoms with E-state index in [2.05, 4.69) is 10.2 Å². The number of nitrogen functional groups attached to an aromatic ring is 1.